The molecule has 5 rings (SSSR count). The summed E-state index contributed by atoms with van der Waals surface area (Å²) in [5, 5.41) is 6.89. The van der Waals surface area contributed by atoms with Crippen molar-refractivity contribution in [2.24, 2.45) is 5.92 Å². The third-order valence-electron chi connectivity index (χ3n) is 8.49. The number of carbonyl (C=O) groups is 2. The number of rotatable bonds is 7. The van der Waals surface area contributed by atoms with Gasteiger partial charge in [0.15, 0.2) is 0 Å². The van der Waals surface area contributed by atoms with Crippen LogP contribution in [0.15, 0.2) is 48.5 Å². The molecule has 1 amide bonds. The molecule has 3 aliphatic heterocycles. The second-order valence-corrected chi connectivity index (χ2v) is 10.7. The molecule has 0 aliphatic carbocycles. The van der Waals surface area contributed by atoms with Crippen LogP contribution in [0.4, 0.5) is 4.39 Å². The first-order valence-electron chi connectivity index (χ1n) is 14.3. The van der Waals surface area contributed by atoms with Crippen molar-refractivity contribution in [3.8, 4) is 0 Å². The summed E-state index contributed by atoms with van der Waals surface area (Å²) in [6.45, 7) is 9.14. The molecule has 7 nitrogen and oxygen atoms in total. The van der Waals surface area contributed by atoms with Crippen LogP contribution in [-0.2, 0) is 27.2 Å². The first-order chi connectivity index (χ1) is 19.0. The van der Waals surface area contributed by atoms with E-state index in [1.54, 1.807) is 6.07 Å². The minimum Gasteiger partial charge on any atom is -0.483 e. The highest BCUT2D eigenvalue weighted by atomic mass is 19.1. The van der Waals surface area contributed by atoms with E-state index in [4.69, 9.17) is 14.6 Å². The van der Waals surface area contributed by atoms with Crippen LogP contribution in [-0.4, -0.2) is 97.3 Å². The van der Waals surface area contributed by atoms with Crippen LogP contribution < -0.4 is 0 Å². The summed E-state index contributed by atoms with van der Waals surface area (Å²) in [5.41, 5.74) is 3.07. The van der Waals surface area contributed by atoms with Crippen LogP contribution in [0.2, 0.25) is 0 Å². The van der Waals surface area contributed by atoms with E-state index < -0.39 is 0 Å². The first-order valence-corrected chi connectivity index (χ1v) is 14.3. The molecule has 0 bridgehead atoms. The van der Waals surface area contributed by atoms with Crippen LogP contribution >= 0.6 is 0 Å². The van der Waals surface area contributed by atoms with Gasteiger partial charge in [0.2, 0.25) is 5.91 Å². The highest BCUT2D eigenvalue weighted by molar-refractivity contribution is 5.81. The monoisotopic (exact) mass is 539 g/mol. The van der Waals surface area contributed by atoms with Crippen molar-refractivity contribution in [1.29, 1.82) is 0 Å². The minimum atomic E-state index is -0.250. The van der Waals surface area contributed by atoms with Gasteiger partial charge in [-0.15, -0.1) is 0 Å². The highest BCUT2D eigenvalue weighted by Gasteiger charge is 2.43. The first kappa shape index (κ1) is 29.2. The summed E-state index contributed by atoms with van der Waals surface area (Å²) >= 11 is 0. The van der Waals surface area contributed by atoms with Gasteiger partial charge in [-0.1, -0.05) is 49.4 Å². The van der Waals surface area contributed by atoms with Gasteiger partial charge >= 0.3 is 0 Å². The number of carboxylic acid groups (broad SMARTS) is 1. The molecule has 2 aromatic rings. The van der Waals surface area contributed by atoms with E-state index in [2.05, 4.69) is 40.1 Å². The zero-order valence-corrected chi connectivity index (χ0v) is 23.0. The van der Waals surface area contributed by atoms with Crippen molar-refractivity contribution in [3.05, 3.63) is 71.0 Å². The third-order valence-corrected chi connectivity index (χ3v) is 8.49. The van der Waals surface area contributed by atoms with Gasteiger partial charge < -0.3 is 14.7 Å². The zero-order valence-electron chi connectivity index (χ0n) is 23.0. The van der Waals surface area contributed by atoms with E-state index in [0.29, 0.717) is 11.6 Å². The molecule has 0 spiro atoms. The van der Waals surface area contributed by atoms with Crippen molar-refractivity contribution in [3.63, 3.8) is 0 Å². The number of aryl methyl sites for hydroxylation is 1. The van der Waals surface area contributed by atoms with Gasteiger partial charge in [0, 0.05) is 71.0 Å². The summed E-state index contributed by atoms with van der Waals surface area (Å²) in [7, 11) is 0. The van der Waals surface area contributed by atoms with E-state index >= 15 is 4.39 Å². The predicted octanol–water partition coefficient (Wildman–Crippen LogP) is 3.67. The molecular formula is C31H42FN3O4. The Morgan fingerprint density at radius 3 is 2.36 bits per heavy atom. The van der Waals surface area contributed by atoms with Gasteiger partial charge in [0.05, 0.1) is 5.92 Å². The molecule has 8 heteroatoms. The maximum atomic E-state index is 15.2. The van der Waals surface area contributed by atoms with E-state index in [9.17, 15) is 4.79 Å². The quantitative estimate of drug-likeness (QED) is 0.542. The second-order valence-electron chi connectivity index (χ2n) is 10.7. The molecule has 3 heterocycles. The van der Waals surface area contributed by atoms with Gasteiger partial charge in [-0.25, -0.2) is 4.39 Å². The molecular weight excluding hydrogens is 497 g/mol. The number of hydrogen-bond donors (Lipinski definition) is 1. The van der Waals surface area contributed by atoms with E-state index in [1.165, 1.54) is 5.56 Å². The molecule has 3 fully saturated rings. The van der Waals surface area contributed by atoms with Crippen LogP contribution in [0.5, 0.6) is 0 Å². The Hall–Kier alpha value is -2.81. The van der Waals surface area contributed by atoms with Gasteiger partial charge in [-0.3, -0.25) is 19.4 Å². The Labute approximate surface area is 231 Å². The normalized spacial score (nSPS) is 22.8. The minimum absolute atomic E-state index is 0.0950. The van der Waals surface area contributed by atoms with Crippen LogP contribution in [0.3, 0.4) is 0 Å². The van der Waals surface area contributed by atoms with Gasteiger partial charge in [0.1, 0.15) is 5.82 Å². The van der Waals surface area contributed by atoms with E-state index in [-0.39, 0.29) is 30.0 Å². The lowest BCUT2D eigenvalue weighted by Crippen LogP contribution is -2.51. The summed E-state index contributed by atoms with van der Waals surface area (Å²) in [5.74, 6) is -0.235. The molecule has 1 N–H and O–H groups in total. The number of nitrogens with zero attached hydrogens (tertiary/aromatic N) is 3. The lowest BCUT2D eigenvalue weighted by Gasteiger charge is -2.37. The number of amides is 1. The number of ether oxygens (including phenoxy) is 1. The van der Waals surface area contributed by atoms with Gasteiger partial charge in [-0.2, -0.15) is 0 Å². The Bertz CT molecular complexity index is 1060. The number of likely N-dealkylation sites (tertiary alicyclic amines) is 1. The fraction of sp³-hybridized carbons (Fsp3) is 0.548. The lowest BCUT2D eigenvalue weighted by atomic mass is 9.86. The summed E-state index contributed by atoms with van der Waals surface area (Å²) in [6, 6.07) is 16.6. The van der Waals surface area contributed by atoms with E-state index in [0.717, 1.165) is 90.3 Å². The average Bonchev–Trinajstić information content (AvgIpc) is 3.42. The molecule has 0 radical (unpaired) electrons. The molecule has 1 unspecified atom stereocenters. The summed E-state index contributed by atoms with van der Waals surface area (Å²) in [4.78, 5) is 29.2. The Kier molecular flexibility index (Phi) is 10.9. The van der Waals surface area contributed by atoms with Crippen molar-refractivity contribution >= 4 is 12.4 Å². The summed E-state index contributed by atoms with van der Waals surface area (Å²) in [6.07, 6.45) is 3.83. The Morgan fingerprint density at radius 2 is 1.72 bits per heavy atom. The van der Waals surface area contributed by atoms with Gasteiger partial charge in [-0.05, 0) is 48.4 Å². The predicted molar refractivity (Wildman–Crippen MR) is 149 cm³/mol. The third kappa shape index (κ3) is 7.65. The van der Waals surface area contributed by atoms with Crippen molar-refractivity contribution in [2.75, 3.05) is 59.0 Å². The maximum Gasteiger partial charge on any atom is 0.290 e. The number of halogens is 1. The van der Waals surface area contributed by atoms with E-state index in [1.807, 2.05) is 24.0 Å². The maximum absolute atomic E-state index is 15.2. The lowest BCUT2D eigenvalue weighted by molar-refractivity contribution is -0.137. The molecule has 39 heavy (non-hydrogen) atoms. The Balaban J connectivity index is 0.00000112. The molecule has 2 aromatic carbocycles. The largest absolute Gasteiger partial charge is 0.483 e. The standard InChI is InChI=1S/C30H40FN3O2.CH2O2/c1-2-23-8-9-26(29(31)20-23)27-21-34(25-11-18-36-19-12-25)22-28(27)30(35)33-16-14-32(15-17-33)13-10-24-6-4-3-5-7-24;2-1-3/h3-9,20,25,27-28H,2,10-19,21-22H2,1H3;1H,(H,2,3)/t27-,28?;/m0./s1. The average molecular weight is 540 g/mol. The molecule has 3 aliphatic rings. The fourth-order valence-electron chi connectivity index (χ4n) is 6.20. The highest BCUT2D eigenvalue weighted by Crippen LogP contribution is 2.38. The van der Waals surface area contributed by atoms with Crippen molar-refractivity contribution in [2.45, 2.75) is 44.6 Å². The zero-order chi connectivity index (χ0) is 27.6. The van der Waals surface area contributed by atoms with Crippen LogP contribution in [0, 0.1) is 11.7 Å². The van der Waals surface area contributed by atoms with Crippen LogP contribution in [0.25, 0.3) is 0 Å². The van der Waals surface area contributed by atoms with Crippen molar-refractivity contribution < 1.29 is 23.8 Å². The molecule has 0 saturated carbocycles. The topological polar surface area (TPSA) is 73.3 Å². The molecule has 3 saturated heterocycles. The van der Waals surface area contributed by atoms with Crippen molar-refractivity contribution in [1.82, 2.24) is 14.7 Å². The van der Waals surface area contributed by atoms with Crippen LogP contribution in [0.1, 0.15) is 42.4 Å². The number of benzene rings is 2. The number of hydrogen-bond acceptors (Lipinski definition) is 5. The molecule has 2 atom stereocenters. The Morgan fingerprint density at radius 1 is 1.03 bits per heavy atom. The second kappa shape index (κ2) is 14.5. The molecule has 212 valence electrons. The SMILES string of the molecule is CCc1ccc([C@@H]2CN(C3CCOCC3)CC2C(=O)N2CCN(CCc3ccccc3)CC2)c(F)c1.O=CO. The van der Waals surface area contributed by atoms with Gasteiger partial charge in [0.25, 0.3) is 6.47 Å². The fourth-order valence-corrected chi connectivity index (χ4v) is 6.20. The molecule has 0 aromatic heterocycles. The number of carbonyl (C=O) groups excluding carboxylic acids is 1. The number of piperazine rings is 1. The summed E-state index contributed by atoms with van der Waals surface area (Å²) < 4.78 is 20.8. The smallest absolute Gasteiger partial charge is 0.290 e.